The zero-order valence-electron chi connectivity index (χ0n) is 12.3. The number of carbonyl (C=O) groups excluding carboxylic acids is 1. The van der Waals surface area contributed by atoms with E-state index in [-0.39, 0.29) is 11.8 Å². The number of nitrogens with one attached hydrogen (secondary N) is 1. The number of hydrogen-bond acceptors (Lipinski definition) is 1. The monoisotopic (exact) mass is 257 g/mol. The third-order valence-corrected chi connectivity index (χ3v) is 2.71. The van der Waals surface area contributed by atoms with Crippen LogP contribution in [-0.4, -0.2) is 12.5 Å². The summed E-state index contributed by atoms with van der Waals surface area (Å²) in [6.45, 7) is 8.58. The average Bonchev–Trinajstić information content (AvgIpc) is 2.35. The molecular weight excluding hydrogens is 234 g/mol. The van der Waals surface area contributed by atoms with Gasteiger partial charge in [0.05, 0.1) is 6.54 Å². The van der Waals surface area contributed by atoms with Gasteiger partial charge in [0.15, 0.2) is 0 Å². The Hall–Kier alpha value is -1.75. The average molecular weight is 257 g/mol. The highest BCUT2D eigenvalue weighted by molar-refractivity contribution is 5.78. The standard InChI is InChI=1S/C17H23NO/c1-13(2)12-16-9-7-15(8-10-16)6-5-11-18-17(19)14(3)4/h7-10,13-14H,11-12H2,1-4H3,(H,18,19). The van der Waals surface area contributed by atoms with Crippen LogP contribution in [0.2, 0.25) is 0 Å². The molecule has 1 aromatic rings. The zero-order valence-corrected chi connectivity index (χ0v) is 12.3. The normalized spacial score (nSPS) is 10.2. The summed E-state index contributed by atoms with van der Waals surface area (Å²) in [7, 11) is 0. The second-order valence-electron chi connectivity index (χ2n) is 5.47. The predicted octanol–water partition coefficient (Wildman–Crippen LogP) is 3.01. The molecule has 0 saturated heterocycles. The van der Waals surface area contributed by atoms with Crippen molar-refractivity contribution in [3.05, 3.63) is 35.4 Å². The van der Waals surface area contributed by atoms with Gasteiger partial charge in [-0.3, -0.25) is 4.79 Å². The van der Waals surface area contributed by atoms with Gasteiger partial charge in [-0.15, -0.1) is 0 Å². The molecule has 1 aromatic carbocycles. The van der Waals surface area contributed by atoms with Crippen molar-refractivity contribution >= 4 is 5.91 Å². The molecule has 1 N–H and O–H groups in total. The lowest BCUT2D eigenvalue weighted by Gasteiger charge is -2.04. The van der Waals surface area contributed by atoms with Crippen LogP contribution in [0.4, 0.5) is 0 Å². The summed E-state index contributed by atoms with van der Waals surface area (Å²) in [5.74, 6) is 6.74. The number of carbonyl (C=O) groups is 1. The molecule has 0 saturated carbocycles. The smallest absolute Gasteiger partial charge is 0.223 e. The molecule has 0 aliphatic rings. The lowest BCUT2D eigenvalue weighted by atomic mass is 10.0. The maximum Gasteiger partial charge on any atom is 0.223 e. The van der Waals surface area contributed by atoms with Crippen molar-refractivity contribution < 1.29 is 4.79 Å². The Morgan fingerprint density at radius 1 is 1.16 bits per heavy atom. The fraction of sp³-hybridized carbons (Fsp3) is 0.471. The maximum absolute atomic E-state index is 11.3. The SMILES string of the molecule is CC(C)Cc1ccc(C#CCNC(=O)C(C)C)cc1. The van der Waals surface area contributed by atoms with Crippen LogP contribution < -0.4 is 5.32 Å². The molecule has 2 heteroatoms. The van der Waals surface area contributed by atoms with Crippen molar-refractivity contribution in [2.24, 2.45) is 11.8 Å². The van der Waals surface area contributed by atoms with E-state index in [4.69, 9.17) is 0 Å². The first kappa shape index (κ1) is 15.3. The van der Waals surface area contributed by atoms with Gasteiger partial charge in [-0.25, -0.2) is 0 Å². The molecule has 19 heavy (non-hydrogen) atoms. The maximum atomic E-state index is 11.3. The Labute approximate surface area is 116 Å². The topological polar surface area (TPSA) is 29.1 Å². The lowest BCUT2D eigenvalue weighted by Crippen LogP contribution is -2.27. The molecule has 0 unspecified atom stereocenters. The van der Waals surface area contributed by atoms with Gasteiger partial charge in [-0.05, 0) is 30.0 Å². The van der Waals surface area contributed by atoms with E-state index in [2.05, 4.69) is 43.1 Å². The first-order valence-electron chi connectivity index (χ1n) is 6.84. The molecule has 1 amide bonds. The lowest BCUT2D eigenvalue weighted by molar-refractivity contribution is -0.123. The molecule has 0 aromatic heterocycles. The van der Waals surface area contributed by atoms with Gasteiger partial charge in [0.25, 0.3) is 0 Å². The first-order chi connectivity index (χ1) is 8.99. The molecular formula is C17H23NO. The minimum Gasteiger partial charge on any atom is -0.345 e. The van der Waals surface area contributed by atoms with Crippen LogP contribution in [0.15, 0.2) is 24.3 Å². The second kappa shape index (κ2) is 7.63. The largest absolute Gasteiger partial charge is 0.345 e. The summed E-state index contributed by atoms with van der Waals surface area (Å²) in [4.78, 5) is 11.3. The Kier molecular flexibility index (Phi) is 6.15. The Morgan fingerprint density at radius 3 is 2.32 bits per heavy atom. The molecule has 1 rings (SSSR count). The van der Waals surface area contributed by atoms with Crippen LogP contribution >= 0.6 is 0 Å². The van der Waals surface area contributed by atoms with Crippen LogP contribution in [0.3, 0.4) is 0 Å². The van der Waals surface area contributed by atoms with Crippen LogP contribution in [0.1, 0.15) is 38.8 Å². The summed E-state index contributed by atoms with van der Waals surface area (Å²) in [5, 5.41) is 2.78. The number of benzene rings is 1. The molecule has 0 bridgehead atoms. The van der Waals surface area contributed by atoms with Gasteiger partial charge >= 0.3 is 0 Å². The van der Waals surface area contributed by atoms with Crippen molar-refractivity contribution in [3.8, 4) is 11.8 Å². The van der Waals surface area contributed by atoms with E-state index in [1.807, 2.05) is 26.0 Å². The van der Waals surface area contributed by atoms with Crippen molar-refractivity contribution in [2.75, 3.05) is 6.54 Å². The summed E-state index contributed by atoms with van der Waals surface area (Å²) in [5.41, 5.74) is 2.33. The van der Waals surface area contributed by atoms with E-state index in [0.717, 1.165) is 12.0 Å². The quantitative estimate of drug-likeness (QED) is 0.825. The highest BCUT2D eigenvalue weighted by Gasteiger charge is 2.03. The van der Waals surface area contributed by atoms with Crippen molar-refractivity contribution in [1.29, 1.82) is 0 Å². The van der Waals surface area contributed by atoms with E-state index in [1.165, 1.54) is 5.56 Å². The Bertz CT molecular complexity index is 460. The fourth-order valence-electron chi connectivity index (χ4n) is 1.68. The van der Waals surface area contributed by atoms with Crippen LogP contribution in [0.25, 0.3) is 0 Å². The summed E-state index contributed by atoms with van der Waals surface area (Å²) in [6.07, 6.45) is 1.10. The van der Waals surface area contributed by atoms with E-state index in [1.54, 1.807) is 0 Å². The van der Waals surface area contributed by atoms with Gasteiger partial charge in [0.1, 0.15) is 0 Å². The minimum atomic E-state index is 0.0112. The van der Waals surface area contributed by atoms with Crippen molar-refractivity contribution in [2.45, 2.75) is 34.1 Å². The fourth-order valence-corrected chi connectivity index (χ4v) is 1.68. The number of hydrogen-bond donors (Lipinski definition) is 1. The molecule has 0 spiro atoms. The molecule has 0 aliphatic heterocycles. The molecule has 2 nitrogen and oxygen atoms in total. The summed E-state index contributed by atoms with van der Waals surface area (Å²) >= 11 is 0. The van der Waals surface area contributed by atoms with Gasteiger partial charge in [0, 0.05) is 11.5 Å². The first-order valence-corrected chi connectivity index (χ1v) is 6.84. The Balaban J connectivity index is 2.48. The predicted molar refractivity (Wildman–Crippen MR) is 79.7 cm³/mol. The Morgan fingerprint density at radius 2 is 1.79 bits per heavy atom. The van der Waals surface area contributed by atoms with Gasteiger partial charge < -0.3 is 5.32 Å². The van der Waals surface area contributed by atoms with Gasteiger partial charge in [-0.2, -0.15) is 0 Å². The molecule has 0 fully saturated rings. The number of amides is 1. The molecule has 0 radical (unpaired) electrons. The van der Waals surface area contributed by atoms with E-state index in [9.17, 15) is 4.79 Å². The van der Waals surface area contributed by atoms with E-state index < -0.39 is 0 Å². The third kappa shape index (κ3) is 6.10. The summed E-state index contributed by atoms with van der Waals surface area (Å²) < 4.78 is 0. The molecule has 0 aliphatic carbocycles. The van der Waals surface area contributed by atoms with E-state index >= 15 is 0 Å². The minimum absolute atomic E-state index is 0.0112. The van der Waals surface area contributed by atoms with Crippen LogP contribution in [0, 0.1) is 23.7 Å². The zero-order chi connectivity index (χ0) is 14.3. The second-order valence-corrected chi connectivity index (χ2v) is 5.47. The van der Waals surface area contributed by atoms with Crippen molar-refractivity contribution in [1.82, 2.24) is 5.32 Å². The van der Waals surface area contributed by atoms with Gasteiger partial charge in [0.2, 0.25) is 5.91 Å². The van der Waals surface area contributed by atoms with Gasteiger partial charge in [-0.1, -0.05) is 51.7 Å². The van der Waals surface area contributed by atoms with Crippen LogP contribution in [0.5, 0.6) is 0 Å². The third-order valence-electron chi connectivity index (χ3n) is 2.71. The molecule has 0 heterocycles. The molecule has 0 atom stereocenters. The highest BCUT2D eigenvalue weighted by Crippen LogP contribution is 2.08. The van der Waals surface area contributed by atoms with E-state index in [0.29, 0.717) is 12.5 Å². The number of rotatable bonds is 4. The van der Waals surface area contributed by atoms with Crippen LogP contribution in [-0.2, 0) is 11.2 Å². The highest BCUT2D eigenvalue weighted by atomic mass is 16.1. The molecule has 102 valence electrons. The van der Waals surface area contributed by atoms with Crippen molar-refractivity contribution in [3.63, 3.8) is 0 Å². The summed E-state index contributed by atoms with van der Waals surface area (Å²) in [6, 6.07) is 8.32.